The van der Waals surface area contributed by atoms with Crippen LogP contribution in [-0.2, 0) is 32.6 Å². The van der Waals surface area contributed by atoms with Gasteiger partial charge in [-0.2, -0.15) is 0 Å². The Morgan fingerprint density at radius 2 is 1.60 bits per heavy atom. The van der Waals surface area contributed by atoms with Gasteiger partial charge in [0.25, 0.3) is 0 Å². The van der Waals surface area contributed by atoms with Crippen molar-refractivity contribution in [3.63, 3.8) is 0 Å². The summed E-state index contributed by atoms with van der Waals surface area (Å²) in [6.07, 6.45) is 1.18. The molecular weight excluding hydrogens is 601 g/mol. The fourth-order valence-corrected chi connectivity index (χ4v) is 5.52. The molecule has 0 spiro atoms. The monoisotopic (exact) mass is 635 g/mol. The van der Waals surface area contributed by atoms with Crippen LogP contribution in [0.5, 0.6) is 11.5 Å². The summed E-state index contributed by atoms with van der Waals surface area (Å²) in [5, 5.41) is 3.53. The van der Waals surface area contributed by atoms with Gasteiger partial charge in [-0.25, -0.2) is 8.42 Å². The summed E-state index contributed by atoms with van der Waals surface area (Å²) in [7, 11) is -1.16. The van der Waals surface area contributed by atoms with Gasteiger partial charge in [-0.05, 0) is 49.2 Å². The predicted molar refractivity (Wildman–Crippen MR) is 166 cm³/mol. The lowest BCUT2D eigenvalue weighted by Crippen LogP contribution is -2.54. The van der Waals surface area contributed by atoms with E-state index >= 15 is 0 Å². The molecule has 3 rings (SSSR count). The number of amides is 2. The average molecular weight is 637 g/mol. The van der Waals surface area contributed by atoms with E-state index < -0.39 is 28.5 Å². The number of hydrogen-bond acceptors (Lipinski definition) is 6. The molecule has 0 fully saturated rings. The Morgan fingerprint density at radius 1 is 0.905 bits per heavy atom. The van der Waals surface area contributed by atoms with Crippen molar-refractivity contribution in [2.75, 3.05) is 31.3 Å². The lowest BCUT2D eigenvalue weighted by Gasteiger charge is -2.34. The SMILES string of the molecule is COc1ccc(OC)c(N(CC(=O)N(Cc2ccc(Cl)c(Cl)c2)[C@H](Cc2ccccc2)C(=O)NC(C)C)S(C)(=O)=O)c1. The maximum Gasteiger partial charge on any atom is 0.244 e. The smallest absolute Gasteiger partial charge is 0.244 e. The summed E-state index contributed by atoms with van der Waals surface area (Å²) in [4.78, 5) is 29.2. The molecule has 226 valence electrons. The molecule has 0 aliphatic carbocycles. The summed E-state index contributed by atoms with van der Waals surface area (Å²) >= 11 is 12.4. The van der Waals surface area contributed by atoms with E-state index in [4.69, 9.17) is 32.7 Å². The number of anilines is 1. The number of carbonyl (C=O) groups excluding carboxylic acids is 2. The summed E-state index contributed by atoms with van der Waals surface area (Å²) in [5.74, 6) is -0.399. The number of methoxy groups -OCH3 is 2. The second-order valence-electron chi connectivity index (χ2n) is 9.95. The van der Waals surface area contributed by atoms with Crippen LogP contribution in [0.25, 0.3) is 0 Å². The van der Waals surface area contributed by atoms with Gasteiger partial charge in [-0.1, -0.05) is 59.6 Å². The van der Waals surface area contributed by atoms with Crippen LogP contribution >= 0.6 is 23.2 Å². The molecule has 1 N–H and O–H groups in total. The van der Waals surface area contributed by atoms with Crippen LogP contribution in [0.1, 0.15) is 25.0 Å². The quantitative estimate of drug-likeness (QED) is 0.285. The van der Waals surface area contributed by atoms with Gasteiger partial charge >= 0.3 is 0 Å². The molecule has 0 heterocycles. The number of nitrogens with zero attached hydrogens (tertiary/aromatic N) is 2. The van der Waals surface area contributed by atoms with Crippen LogP contribution in [0.3, 0.4) is 0 Å². The highest BCUT2D eigenvalue weighted by molar-refractivity contribution is 7.92. The van der Waals surface area contributed by atoms with Gasteiger partial charge in [0.15, 0.2) is 0 Å². The van der Waals surface area contributed by atoms with E-state index in [1.807, 2.05) is 44.2 Å². The molecule has 2 amide bonds. The number of benzene rings is 3. The average Bonchev–Trinajstić information content (AvgIpc) is 2.94. The van der Waals surface area contributed by atoms with Crippen LogP contribution in [0.2, 0.25) is 10.0 Å². The van der Waals surface area contributed by atoms with Gasteiger partial charge in [0.05, 0.1) is 36.2 Å². The van der Waals surface area contributed by atoms with Crippen LogP contribution in [0, 0.1) is 0 Å². The van der Waals surface area contributed by atoms with Crippen LogP contribution in [0.4, 0.5) is 5.69 Å². The third-order valence-corrected chi connectivity index (χ3v) is 8.24. The zero-order valence-electron chi connectivity index (χ0n) is 24.1. The Labute approximate surface area is 257 Å². The normalized spacial score (nSPS) is 12.0. The van der Waals surface area contributed by atoms with Crippen molar-refractivity contribution in [1.29, 1.82) is 0 Å². The molecule has 0 unspecified atom stereocenters. The van der Waals surface area contributed by atoms with Gasteiger partial charge in [0, 0.05) is 25.1 Å². The largest absolute Gasteiger partial charge is 0.497 e. The number of rotatable bonds is 13. The highest BCUT2D eigenvalue weighted by Gasteiger charge is 2.34. The highest BCUT2D eigenvalue weighted by Crippen LogP contribution is 2.34. The van der Waals surface area contributed by atoms with Gasteiger partial charge in [-0.3, -0.25) is 13.9 Å². The summed E-state index contributed by atoms with van der Waals surface area (Å²) in [6.45, 7) is 3.00. The van der Waals surface area contributed by atoms with Gasteiger partial charge in [0.2, 0.25) is 21.8 Å². The van der Waals surface area contributed by atoms with Gasteiger partial charge in [0.1, 0.15) is 24.1 Å². The maximum atomic E-state index is 14.2. The first-order valence-electron chi connectivity index (χ1n) is 13.1. The molecule has 1 atom stereocenters. The number of sulfonamides is 1. The van der Waals surface area contributed by atoms with E-state index in [-0.39, 0.29) is 41.4 Å². The Morgan fingerprint density at radius 3 is 2.17 bits per heavy atom. The highest BCUT2D eigenvalue weighted by atomic mass is 35.5. The molecule has 0 aliphatic rings. The Bertz CT molecular complexity index is 1500. The number of hydrogen-bond donors (Lipinski definition) is 1. The van der Waals surface area contributed by atoms with Crippen molar-refractivity contribution in [1.82, 2.24) is 10.2 Å². The first-order valence-corrected chi connectivity index (χ1v) is 15.7. The fourth-order valence-electron chi connectivity index (χ4n) is 4.36. The Balaban J connectivity index is 2.13. The van der Waals surface area contributed by atoms with Crippen LogP contribution in [0.15, 0.2) is 66.7 Å². The van der Waals surface area contributed by atoms with E-state index in [9.17, 15) is 18.0 Å². The Kier molecular flexibility index (Phi) is 11.5. The van der Waals surface area contributed by atoms with Crippen molar-refractivity contribution >= 4 is 50.7 Å². The van der Waals surface area contributed by atoms with E-state index in [0.717, 1.165) is 16.1 Å². The molecule has 12 heteroatoms. The first-order chi connectivity index (χ1) is 19.8. The van der Waals surface area contributed by atoms with Crippen molar-refractivity contribution < 1.29 is 27.5 Å². The molecule has 0 radical (unpaired) electrons. The van der Waals surface area contributed by atoms with E-state index in [0.29, 0.717) is 16.3 Å². The standard InChI is InChI=1S/C30H35Cl2N3O6S/c1-20(2)33-30(37)27(16-21-9-7-6-8-10-21)34(18-22-11-13-24(31)25(32)15-22)29(36)19-35(42(5,38)39)26-17-23(40-3)12-14-28(26)41-4/h6-15,17,20,27H,16,18-19H2,1-5H3,(H,33,37)/t27-/m1/s1. The van der Waals surface area contributed by atoms with E-state index in [2.05, 4.69) is 5.32 Å². The van der Waals surface area contributed by atoms with E-state index in [1.165, 1.54) is 25.2 Å². The predicted octanol–water partition coefficient (Wildman–Crippen LogP) is 4.94. The van der Waals surface area contributed by atoms with E-state index in [1.54, 1.807) is 30.3 Å². The van der Waals surface area contributed by atoms with Gasteiger partial charge in [-0.15, -0.1) is 0 Å². The minimum atomic E-state index is -4.00. The topological polar surface area (TPSA) is 105 Å². The lowest BCUT2D eigenvalue weighted by molar-refractivity contribution is -0.140. The summed E-state index contributed by atoms with van der Waals surface area (Å²) in [6, 6.07) is 17.7. The van der Waals surface area contributed by atoms with Gasteiger partial charge < -0.3 is 19.7 Å². The molecule has 42 heavy (non-hydrogen) atoms. The zero-order valence-corrected chi connectivity index (χ0v) is 26.5. The number of ether oxygens (including phenoxy) is 2. The molecule has 3 aromatic carbocycles. The third kappa shape index (κ3) is 8.77. The van der Waals surface area contributed by atoms with Crippen molar-refractivity contribution in [2.24, 2.45) is 0 Å². The summed E-state index contributed by atoms with van der Waals surface area (Å²) < 4.78 is 37.8. The van der Waals surface area contributed by atoms with Crippen molar-refractivity contribution in [3.05, 3.63) is 87.9 Å². The molecule has 0 aromatic heterocycles. The number of halogens is 2. The molecule has 0 saturated heterocycles. The van der Waals surface area contributed by atoms with Crippen molar-refractivity contribution in [3.8, 4) is 11.5 Å². The first kappa shape index (κ1) is 33.0. The second-order valence-corrected chi connectivity index (χ2v) is 12.7. The number of carbonyl (C=O) groups is 2. The lowest BCUT2D eigenvalue weighted by atomic mass is 10.0. The second kappa shape index (κ2) is 14.6. The molecule has 3 aromatic rings. The summed E-state index contributed by atoms with van der Waals surface area (Å²) in [5.41, 5.74) is 1.55. The number of nitrogens with one attached hydrogen (secondary N) is 1. The minimum absolute atomic E-state index is 0.0361. The molecular formula is C30H35Cl2N3O6S. The minimum Gasteiger partial charge on any atom is -0.497 e. The molecule has 0 saturated carbocycles. The van der Waals surface area contributed by atoms with Crippen molar-refractivity contribution in [2.45, 2.75) is 38.9 Å². The van der Waals surface area contributed by atoms with Crippen LogP contribution < -0.4 is 19.1 Å². The zero-order chi connectivity index (χ0) is 31.0. The molecule has 0 aliphatic heterocycles. The van der Waals surface area contributed by atoms with Crippen LogP contribution in [-0.4, -0.2) is 64.2 Å². The Hall–Kier alpha value is -3.47. The molecule has 0 bridgehead atoms. The molecule has 9 nitrogen and oxygen atoms in total. The fraction of sp³-hybridized carbons (Fsp3) is 0.333. The maximum absolute atomic E-state index is 14.2. The third-order valence-electron chi connectivity index (χ3n) is 6.37.